The maximum atomic E-state index is 12.6. The summed E-state index contributed by atoms with van der Waals surface area (Å²) >= 11 is 9.45. The minimum Gasteiger partial charge on any atom is -0.305 e. The third-order valence-corrected chi connectivity index (χ3v) is 6.17. The van der Waals surface area contributed by atoms with Gasteiger partial charge in [0.15, 0.2) is 0 Å². The van der Waals surface area contributed by atoms with E-state index in [1.54, 1.807) is 12.1 Å². The summed E-state index contributed by atoms with van der Waals surface area (Å²) in [6, 6.07) is 8.97. The molecule has 0 aliphatic carbocycles. The molecule has 1 N–H and O–H groups in total. The van der Waals surface area contributed by atoms with Crippen LogP contribution in [0.3, 0.4) is 0 Å². The number of rotatable bonds is 3. The Morgan fingerprint density at radius 3 is 2.00 bits per heavy atom. The SMILES string of the molecule is Cn1c(=O)c(=O)n(C)c2cc(NS(=O)(=O)c3ccc(Br)cc3)c(Cl)cc21. The zero-order valence-corrected chi connectivity index (χ0v) is 16.8. The van der Waals surface area contributed by atoms with Crippen molar-refractivity contribution in [3.05, 3.63) is 66.6 Å². The molecule has 136 valence electrons. The van der Waals surface area contributed by atoms with E-state index in [-0.39, 0.29) is 15.6 Å². The van der Waals surface area contributed by atoms with Gasteiger partial charge in [-0.2, -0.15) is 0 Å². The Morgan fingerprint density at radius 1 is 0.962 bits per heavy atom. The molecule has 0 amide bonds. The highest BCUT2D eigenvalue weighted by molar-refractivity contribution is 9.10. The zero-order chi connectivity index (χ0) is 19.2. The molecule has 0 unspecified atom stereocenters. The van der Waals surface area contributed by atoms with Gasteiger partial charge in [0.2, 0.25) is 0 Å². The van der Waals surface area contributed by atoms with Gasteiger partial charge in [-0.15, -0.1) is 0 Å². The molecule has 3 rings (SSSR count). The quantitative estimate of drug-likeness (QED) is 0.611. The molecule has 0 radical (unpaired) electrons. The highest BCUT2D eigenvalue weighted by atomic mass is 79.9. The second-order valence-corrected chi connectivity index (χ2v) is 8.61. The predicted molar refractivity (Wildman–Crippen MR) is 104 cm³/mol. The summed E-state index contributed by atoms with van der Waals surface area (Å²) in [5.41, 5.74) is -0.525. The van der Waals surface area contributed by atoms with Crippen LogP contribution in [-0.4, -0.2) is 17.6 Å². The summed E-state index contributed by atoms with van der Waals surface area (Å²) in [4.78, 5) is 24.0. The molecule has 10 heteroatoms. The molecule has 0 bridgehead atoms. The lowest BCUT2D eigenvalue weighted by Gasteiger charge is -2.14. The van der Waals surface area contributed by atoms with Crippen molar-refractivity contribution < 1.29 is 8.42 Å². The fraction of sp³-hybridized carbons (Fsp3) is 0.125. The predicted octanol–water partition coefficient (Wildman–Crippen LogP) is 2.45. The van der Waals surface area contributed by atoms with Crippen LogP contribution in [0.1, 0.15) is 0 Å². The van der Waals surface area contributed by atoms with Crippen LogP contribution in [0.15, 0.2) is 55.4 Å². The van der Waals surface area contributed by atoms with Crippen molar-refractivity contribution >= 4 is 54.3 Å². The molecular formula is C16H13BrClN3O4S. The number of hydrogen-bond acceptors (Lipinski definition) is 4. The highest BCUT2D eigenvalue weighted by Gasteiger charge is 2.18. The first-order valence-electron chi connectivity index (χ1n) is 7.29. The molecule has 0 saturated heterocycles. The van der Waals surface area contributed by atoms with Crippen LogP contribution in [0.4, 0.5) is 5.69 Å². The Kier molecular flexibility index (Phi) is 4.72. The Morgan fingerprint density at radius 2 is 1.46 bits per heavy atom. The first kappa shape index (κ1) is 18.7. The fourth-order valence-corrected chi connectivity index (χ4v) is 4.09. The van der Waals surface area contributed by atoms with E-state index in [1.165, 1.54) is 42.9 Å². The molecule has 0 aliphatic rings. The van der Waals surface area contributed by atoms with Crippen LogP contribution in [0.2, 0.25) is 5.02 Å². The largest absolute Gasteiger partial charge is 0.316 e. The normalized spacial score (nSPS) is 11.7. The molecular weight excluding hydrogens is 446 g/mol. The van der Waals surface area contributed by atoms with Crippen molar-refractivity contribution in [3.63, 3.8) is 0 Å². The first-order chi connectivity index (χ1) is 12.1. The Labute approximate surface area is 162 Å². The first-order valence-corrected chi connectivity index (χ1v) is 9.95. The summed E-state index contributed by atoms with van der Waals surface area (Å²) < 4.78 is 30.6. The van der Waals surface area contributed by atoms with E-state index in [1.807, 2.05) is 0 Å². The van der Waals surface area contributed by atoms with E-state index in [0.717, 1.165) is 9.04 Å². The Balaban J connectivity index is 2.17. The number of benzene rings is 2. The number of sulfonamides is 1. The van der Waals surface area contributed by atoms with Gasteiger partial charge in [0.1, 0.15) is 0 Å². The topological polar surface area (TPSA) is 90.2 Å². The number of aryl methyl sites for hydroxylation is 2. The number of aromatic nitrogens is 2. The van der Waals surface area contributed by atoms with E-state index in [0.29, 0.717) is 11.0 Å². The summed E-state index contributed by atoms with van der Waals surface area (Å²) in [6.45, 7) is 0. The molecule has 3 aromatic rings. The lowest BCUT2D eigenvalue weighted by Crippen LogP contribution is -2.39. The Hall–Kier alpha value is -2.10. The van der Waals surface area contributed by atoms with E-state index >= 15 is 0 Å². The van der Waals surface area contributed by atoms with E-state index in [9.17, 15) is 18.0 Å². The molecule has 0 spiro atoms. The molecule has 26 heavy (non-hydrogen) atoms. The lowest BCUT2D eigenvalue weighted by molar-refractivity contribution is 0.601. The van der Waals surface area contributed by atoms with Gasteiger partial charge in [-0.3, -0.25) is 14.3 Å². The number of fused-ring (bicyclic) bond motifs is 1. The maximum Gasteiger partial charge on any atom is 0.316 e. The molecule has 2 aromatic carbocycles. The van der Waals surface area contributed by atoms with Crippen molar-refractivity contribution in [2.45, 2.75) is 4.90 Å². The molecule has 7 nitrogen and oxygen atoms in total. The van der Waals surface area contributed by atoms with Crippen molar-refractivity contribution in [3.8, 4) is 0 Å². The Bertz CT molecular complexity index is 1250. The number of anilines is 1. The highest BCUT2D eigenvalue weighted by Crippen LogP contribution is 2.29. The smallest absolute Gasteiger partial charge is 0.305 e. The van der Waals surface area contributed by atoms with Gasteiger partial charge >= 0.3 is 11.1 Å². The van der Waals surface area contributed by atoms with Crippen molar-refractivity contribution in [1.29, 1.82) is 0 Å². The molecule has 0 fully saturated rings. The standard InChI is InChI=1S/C16H13BrClN3O4S/c1-20-13-7-11(18)12(8-14(13)21(2)16(23)15(20)22)19-26(24,25)10-5-3-9(17)4-6-10/h3-8,19H,1-2H3. The van der Waals surface area contributed by atoms with Gasteiger partial charge in [0.25, 0.3) is 10.0 Å². The van der Waals surface area contributed by atoms with Crippen molar-refractivity contribution in [2.24, 2.45) is 14.1 Å². The minimum atomic E-state index is -3.87. The summed E-state index contributed by atoms with van der Waals surface area (Å²) in [5.74, 6) is 0. The number of nitrogens with zero attached hydrogens (tertiary/aromatic N) is 2. The van der Waals surface area contributed by atoms with Crippen LogP contribution >= 0.6 is 27.5 Å². The summed E-state index contributed by atoms with van der Waals surface area (Å²) in [5, 5.41) is 0.104. The van der Waals surface area contributed by atoms with E-state index < -0.39 is 21.1 Å². The van der Waals surface area contributed by atoms with E-state index in [4.69, 9.17) is 11.6 Å². The molecule has 0 saturated carbocycles. The van der Waals surface area contributed by atoms with E-state index in [2.05, 4.69) is 20.7 Å². The molecule has 0 atom stereocenters. The van der Waals surface area contributed by atoms with Crippen molar-refractivity contribution in [2.75, 3.05) is 4.72 Å². The number of halogens is 2. The second-order valence-electron chi connectivity index (χ2n) is 5.61. The van der Waals surface area contributed by atoms with Gasteiger partial charge in [0, 0.05) is 18.6 Å². The van der Waals surface area contributed by atoms with Crippen molar-refractivity contribution in [1.82, 2.24) is 9.13 Å². The number of nitrogens with one attached hydrogen (secondary N) is 1. The molecule has 0 aliphatic heterocycles. The van der Waals surface area contributed by atoms with Gasteiger partial charge in [-0.25, -0.2) is 8.42 Å². The van der Waals surface area contributed by atoms with Crippen LogP contribution < -0.4 is 15.8 Å². The fourth-order valence-electron chi connectivity index (χ4n) is 2.49. The minimum absolute atomic E-state index is 0.0613. The monoisotopic (exact) mass is 457 g/mol. The summed E-state index contributed by atoms with van der Waals surface area (Å²) in [7, 11) is -0.984. The van der Waals surface area contributed by atoms with Crippen LogP contribution in [0.5, 0.6) is 0 Å². The summed E-state index contributed by atoms with van der Waals surface area (Å²) in [6.07, 6.45) is 0. The van der Waals surface area contributed by atoms with Crippen LogP contribution in [-0.2, 0) is 24.1 Å². The molecule has 1 heterocycles. The average molecular weight is 459 g/mol. The molecule has 1 aromatic heterocycles. The number of hydrogen-bond donors (Lipinski definition) is 1. The third kappa shape index (κ3) is 3.17. The third-order valence-electron chi connectivity index (χ3n) is 3.95. The van der Waals surface area contributed by atoms with Gasteiger partial charge in [0.05, 0.1) is 26.6 Å². The van der Waals surface area contributed by atoms with Gasteiger partial charge in [-0.05, 0) is 36.4 Å². The maximum absolute atomic E-state index is 12.6. The lowest BCUT2D eigenvalue weighted by atomic mass is 10.2. The zero-order valence-electron chi connectivity index (χ0n) is 13.7. The van der Waals surface area contributed by atoms with Gasteiger partial charge in [-0.1, -0.05) is 27.5 Å². The van der Waals surface area contributed by atoms with Crippen LogP contribution in [0.25, 0.3) is 11.0 Å². The van der Waals surface area contributed by atoms with Crippen LogP contribution in [0, 0.1) is 0 Å². The average Bonchev–Trinajstić information content (AvgIpc) is 2.59. The second kappa shape index (κ2) is 6.57. The van der Waals surface area contributed by atoms with Gasteiger partial charge < -0.3 is 9.13 Å².